The van der Waals surface area contributed by atoms with Gasteiger partial charge in [0.25, 0.3) is 0 Å². The summed E-state index contributed by atoms with van der Waals surface area (Å²) in [6.45, 7) is 4.93. The summed E-state index contributed by atoms with van der Waals surface area (Å²) in [7, 11) is 0. The second kappa shape index (κ2) is 6.28. The molecular weight excluding hydrogens is 98.1 g/mol. The molecule has 46 valence electrons. The second-order valence-corrected chi connectivity index (χ2v) is 1.48. The van der Waals surface area contributed by atoms with Crippen LogP contribution < -0.4 is 5.32 Å². The van der Waals surface area contributed by atoms with E-state index in [0.29, 0.717) is 0 Å². The van der Waals surface area contributed by atoms with E-state index in [1.54, 1.807) is 0 Å². The fourth-order valence-corrected chi connectivity index (χ4v) is 0.372. The van der Waals surface area contributed by atoms with Crippen LogP contribution in [0.1, 0.15) is 13.8 Å². The standard InChI is InChI=1S/C7H13N/c1-3-5-7-8-6-4-2/h3-6,8H,7H2,1-2H3. The minimum atomic E-state index is 0.931. The van der Waals surface area contributed by atoms with Gasteiger partial charge in [0.15, 0.2) is 0 Å². The summed E-state index contributed by atoms with van der Waals surface area (Å²) in [5.41, 5.74) is 0. The first-order chi connectivity index (χ1) is 3.91. The van der Waals surface area contributed by atoms with Crippen molar-refractivity contribution < 1.29 is 0 Å². The maximum Gasteiger partial charge on any atom is 0.0325 e. The number of hydrogen-bond acceptors (Lipinski definition) is 1. The molecule has 0 spiro atoms. The Bertz CT molecular complexity index is 70.4. The molecule has 0 fully saturated rings. The molecule has 0 aliphatic rings. The van der Waals surface area contributed by atoms with Gasteiger partial charge in [-0.25, -0.2) is 0 Å². The van der Waals surface area contributed by atoms with E-state index in [9.17, 15) is 0 Å². The van der Waals surface area contributed by atoms with Gasteiger partial charge in [-0.1, -0.05) is 18.2 Å². The third-order valence-electron chi connectivity index (χ3n) is 0.756. The first kappa shape index (κ1) is 7.28. The molecule has 1 N–H and O–H groups in total. The van der Waals surface area contributed by atoms with Crippen LogP contribution in [-0.2, 0) is 0 Å². The molecule has 0 atom stereocenters. The quantitative estimate of drug-likeness (QED) is 0.431. The monoisotopic (exact) mass is 111 g/mol. The van der Waals surface area contributed by atoms with Crippen molar-refractivity contribution in [1.82, 2.24) is 5.32 Å². The fraction of sp³-hybridized carbons (Fsp3) is 0.429. The normalized spacial score (nSPS) is 11.2. The van der Waals surface area contributed by atoms with Crippen molar-refractivity contribution >= 4 is 0 Å². The lowest BCUT2D eigenvalue weighted by atomic mass is 10.5. The molecule has 0 amide bonds. The minimum Gasteiger partial charge on any atom is -0.388 e. The Balaban J connectivity index is 2.93. The third-order valence-corrected chi connectivity index (χ3v) is 0.756. The van der Waals surface area contributed by atoms with Crippen molar-refractivity contribution in [3.05, 3.63) is 24.4 Å². The van der Waals surface area contributed by atoms with Gasteiger partial charge in [-0.15, -0.1) is 0 Å². The summed E-state index contributed by atoms with van der Waals surface area (Å²) >= 11 is 0. The van der Waals surface area contributed by atoms with Crippen LogP contribution in [0, 0.1) is 0 Å². The van der Waals surface area contributed by atoms with Gasteiger partial charge in [-0.3, -0.25) is 0 Å². The van der Waals surface area contributed by atoms with E-state index in [4.69, 9.17) is 0 Å². The highest BCUT2D eigenvalue weighted by Crippen LogP contribution is 1.67. The zero-order valence-electron chi connectivity index (χ0n) is 5.52. The van der Waals surface area contributed by atoms with Gasteiger partial charge in [-0.05, 0) is 20.0 Å². The second-order valence-electron chi connectivity index (χ2n) is 1.48. The Morgan fingerprint density at radius 2 is 2.00 bits per heavy atom. The summed E-state index contributed by atoms with van der Waals surface area (Å²) in [5.74, 6) is 0. The molecule has 8 heavy (non-hydrogen) atoms. The maximum absolute atomic E-state index is 3.07. The number of allylic oxidation sites excluding steroid dienone is 2. The minimum absolute atomic E-state index is 0.931. The van der Waals surface area contributed by atoms with Crippen LogP contribution in [0.3, 0.4) is 0 Å². The molecule has 0 saturated carbocycles. The van der Waals surface area contributed by atoms with Crippen LogP contribution in [0.2, 0.25) is 0 Å². The lowest BCUT2D eigenvalue weighted by Gasteiger charge is -1.89. The Kier molecular flexibility index (Phi) is 5.71. The van der Waals surface area contributed by atoms with Crippen LogP contribution in [0.25, 0.3) is 0 Å². The summed E-state index contributed by atoms with van der Waals surface area (Å²) in [4.78, 5) is 0. The van der Waals surface area contributed by atoms with Crippen molar-refractivity contribution in [2.75, 3.05) is 6.54 Å². The molecule has 0 rings (SSSR count). The number of hydrogen-bond donors (Lipinski definition) is 1. The number of rotatable bonds is 3. The van der Waals surface area contributed by atoms with E-state index in [1.807, 2.05) is 32.2 Å². The Morgan fingerprint density at radius 1 is 1.25 bits per heavy atom. The van der Waals surface area contributed by atoms with Crippen LogP contribution >= 0.6 is 0 Å². The molecular formula is C7H13N. The lowest BCUT2D eigenvalue weighted by Crippen LogP contribution is -2.02. The van der Waals surface area contributed by atoms with Crippen LogP contribution in [0.15, 0.2) is 24.4 Å². The molecule has 1 nitrogen and oxygen atoms in total. The molecule has 0 radical (unpaired) electrons. The lowest BCUT2D eigenvalue weighted by molar-refractivity contribution is 0.981. The van der Waals surface area contributed by atoms with Crippen molar-refractivity contribution in [2.45, 2.75) is 13.8 Å². The zero-order chi connectivity index (χ0) is 6.24. The zero-order valence-corrected chi connectivity index (χ0v) is 5.52. The Labute approximate surface area is 51.1 Å². The molecule has 0 aliphatic heterocycles. The van der Waals surface area contributed by atoms with Crippen molar-refractivity contribution in [3.8, 4) is 0 Å². The average molecular weight is 111 g/mol. The summed E-state index contributed by atoms with van der Waals surface area (Å²) in [6.07, 6.45) is 8.00. The maximum atomic E-state index is 3.07. The first-order valence-corrected chi connectivity index (χ1v) is 2.87. The van der Waals surface area contributed by atoms with Gasteiger partial charge in [0, 0.05) is 6.54 Å². The predicted octanol–water partition coefficient (Wildman–Crippen LogP) is 1.69. The van der Waals surface area contributed by atoms with Crippen LogP contribution in [0.5, 0.6) is 0 Å². The van der Waals surface area contributed by atoms with Gasteiger partial charge in [0.1, 0.15) is 0 Å². The van der Waals surface area contributed by atoms with Gasteiger partial charge in [0.2, 0.25) is 0 Å². The van der Waals surface area contributed by atoms with E-state index in [1.165, 1.54) is 0 Å². The molecule has 0 aromatic heterocycles. The molecule has 0 unspecified atom stereocenters. The van der Waals surface area contributed by atoms with Gasteiger partial charge in [-0.2, -0.15) is 0 Å². The predicted molar refractivity (Wildman–Crippen MR) is 37.6 cm³/mol. The highest BCUT2D eigenvalue weighted by molar-refractivity contribution is 4.83. The fourth-order valence-electron chi connectivity index (χ4n) is 0.372. The van der Waals surface area contributed by atoms with E-state index in [0.717, 1.165) is 6.54 Å². The highest BCUT2D eigenvalue weighted by Gasteiger charge is 1.65. The summed E-state index contributed by atoms with van der Waals surface area (Å²) in [6, 6.07) is 0. The van der Waals surface area contributed by atoms with Crippen molar-refractivity contribution in [1.29, 1.82) is 0 Å². The molecule has 0 aromatic carbocycles. The molecule has 0 aliphatic carbocycles. The molecule has 0 bridgehead atoms. The number of nitrogens with one attached hydrogen (secondary N) is 1. The van der Waals surface area contributed by atoms with Gasteiger partial charge >= 0.3 is 0 Å². The van der Waals surface area contributed by atoms with Crippen LogP contribution in [0.4, 0.5) is 0 Å². The van der Waals surface area contributed by atoms with Crippen molar-refractivity contribution in [2.24, 2.45) is 0 Å². The van der Waals surface area contributed by atoms with Crippen LogP contribution in [-0.4, -0.2) is 6.54 Å². The topological polar surface area (TPSA) is 12.0 Å². The summed E-state index contributed by atoms with van der Waals surface area (Å²) < 4.78 is 0. The largest absolute Gasteiger partial charge is 0.388 e. The molecule has 0 aromatic rings. The average Bonchev–Trinajstić information content (AvgIpc) is 1.81. The third kappa shape index (κ3) is 5.28. The molecule has 0 heterocycles. The highest BCUT2D eigenvalue weighted by atomic mass is 14.8. The van der Waals surface area contributed by atoms with Gasteiger partial charge in [0.05, 0.1) is 0 Å². The van der Waals surface area contributed by atoms with Crippen molar-refractivity contribution in [3.63, 3.8) is 0 Å². The Morgan fingerprint density at radius 3 is 2.50 bits per heavy atom. The SMILES string of the molecule is CC=CCNC=CC. The van der Waals surface area contributed by atoms with E-state index < -0.39 is 0 Å². The first-order valence-electron chi connectivity index (χ1n) is 2.87. The summed E-state index contributed by atoms with van der Waals surface area (Å²) in [5, 5.41) is 3.07. The van der Waals surface area contributed by atoms with E-state index in [2.05, 4.69) is 11.4 Å². The Hall–Kier alpha value is -0.720. The van der Waals surface area contributed by atoms with Gasteiger partial charge < -0.3 is 5.32 Å². The van der Waals surface area contributed by atoms with E-state index >= 15 is 0 Å². The molecule has 0 saturated heterocycles. The molecule has 1 heteroatoms. The smallest absolute Gasteiger partial charge is 0.0325 e. The van der Waals surface area contributed by atoms with E-state index in [-0.39, 0.29) is 0 Å².